The van der Waals surface area contributed by atoms with Gasteiger partial charge in [-0.3, -0.25) is 4.79 Å². The van der Waals surface area contributed by atoms with Gasteiger partial charge in [0.1, 0.15) is 0 Å². The molecule has 5 nitrogen and oxygen atoms in total. The van der Waals surface area contributed by atoms with Crippen LogP contribution >= 0.6 is 22.7 Å². The molecule has 0 aliphatic heterocycles. The van der Waals surface area contributed by atoms with Gasteiger partial charge < -0.3 is 11.1 Å². The van der Waals surface area contributed by atoms with Gasteiger partial charge in [-0.05, 0) is 38.0 Å². The van der Waals surface area contributed by atoms with Crippen LogP contribution in [-0.4, -0.2) is 22.4 Å². The van der Waals surface area contributed by atoms with Gasteiger partial charge in [0.2, 0.25) is 0 Å². The summed E-state index contributed by atoms with van der Waals surface area (Å²) in [5.41, 5.74) is 8.10. The van der Waals surface area contributed by atoms with Crippen molar-refractivity contribution < 1.29 is 4.79 Å². The standard InChI is InChI=1S/C15H16N4OS2/c1-9-18-12-7-10(4-5-13(12)22-9)14(20)17-6-2-3-11-8-21-15(16)19-11/h4-5,7-8H,2-3,6H2,1H3,(H2,16,19)(H,17,20). The number of hydrogen-bond acceptors (Lipinski definition) is 6. The first-order chi connectivity index (χ1) is 10.6. The molecule has 3 aromatic rings. The Balaban J connectivity index is 1.54. The van der Waals surface area contributed by atoms with Crippen LogP contribution in [0.4, 0.5) is 5.13 Å². The first kappa shape index (κ1) is 14.9. The summed E-state index contributed by atoms with van der Waals surface area (Å²) < 4.78 is 1.11. The molecule has 114 valence electrons. The molecule has 0 aliphatic rings. The van der Waals surface area contributed by atoms with Gasteiger partial charge >= 0.3 is 0 Å². The maximum absolute atomic E-state index is 12.1. The highest BCUT2D eigenvalue weighted by molar-refractivity contribution is 7.18. The number of nitrogen functional groups attached to an aromatic ring is 1. The van der Waals surface area contributed by atoms with E-state index in [4.69, 9.17) is 5.73 Å². The molecule has 7 heteroatoms. The minimum atomic E-state index is -0.0645. The van der Waals surface area contributed by atoms with Gasteiger partial charge in [-0.2, -0.15) is 0 Å². The lowest BCUT2D eigenvalue weighted by Gasteiger charge is -2.04. The average molecular weight is 332 g/mol. The number of nitrogens with two attached hydrogens (primary N) is 1. The van der Waals surface area contributed by atoms with Gasteiger partial charge in [0.15, 0.2) is 5.13 Å². The molecule has 2 aromatic heterocycles. The lowest BCUT2D eigenvalue weighted by molar-refractivity contribution is 0.0953. The van der Waals surface area contributed by atoms with Gasteiger partial charge in [0, 0.05) is 17.5 Å². The highest BCUT2D eigenvalue weighted by atomic mass is 32.1. The van der Waals surface area contributed by atoms with E-state index in [1.165, 1.54) is 11.3 Å². The van der Waals surface area contributed by atoms with E-state index >= 15 is 0 Å². The number of anilines is 1. The van der Waals surface area contributed by atoms with Crippen LogP contribution in [0, 0.1) is 6.92 Å². The zero-order valence-corrected chi connectivity index (χ0v) is 13.8. The maximum Gasteiger partial charge on any atom is 0.251 e. The summed E-state index contributed by atoms with van der Waals surface area (Å²) >= 11 is 3.08. The van der Waals surface area contributed by atoms with E-state index in [1.54, 1.807) is 11.3 Å². The van der Waals surface area contributed by atoms with Crippen LogP contribution in [0.25, 0.3) is 10.2 Å². The second kappa shape index (κ2) is 6.41. The van der Waals surface area contributed by atoms with Crippen molar-refractivity contribution in [3.05, 3.63) is 39.8 Å². The lowest BCUT2D eigenvalue weighted by Crippen LogP contribution is -2.24. The molecule has 22 heavy (non-hydrogen) atoms. The Kier molecular flexibility index (Phi) is 4.35. The van der Waals surface area contributed by atoms with Gasteiger partial charge in [-0.15, -0.1) is 22.7 Å². The average Bonchev–Trinajstić information content (AvgIpc) is 3.07. The molecule has 0 saturated heterocycles. The number of amides is 1. The third kappa shape index (κ3) is 3.42. The van der Waals surface area contributed by atoms with E-state index in [2.05, 4.69) is 15.3 Å². The molecule has 0 fully saturated rings. The van der Waals surface area contributed by atoms with Gasteiger partial charge in [-0.25, -0.2) is 9.97 Å². The number of nitrogens with zero attached hydrogens (tertiary/aromatic N) is 2. The number of nitrogens with one attached hydrogen (secondary N) is 1. The number of fused-ring (bicyclic) bond motifs is 1. The van der Waals surface area contributed by atoms with Gasteiger partial charge in [-0.1, -0.05) is 0 Å². The van der Waals surface area contributed by atoms with Crippen molar-refractivity contribution in [3.63, 3.8) is 0 Å². The Hall–Kier alpha value is -1.99. The molecule has 2 heterocycles. The fourth-order valence-corrected chi connectivity index (χ4v) is 3.60. The van der Waals surface area contributed by atoms with Crippen molar-refractivity contribution in [1.29, 1.82) is 0 Å². The van der Waals surface area contributed by atoms with Crippen LogP contribution in [0.3, 0.4) is 0 Å². The number of rotatable bonds is 5. The Labute approximate surface area is 136 Å². The number of carbonyl (C=O) groups is 1. The van der Waals surface area contributed by atoms with Crippen LogP contribution in [-0.2, 0) is 6.42 Å². The Morgan fingerprint density at radius 3 is 3.00 bits per heavy atom. The summed E-state index contributed by atoms with van der Waals surface area (Å²) in [6.45, 7) is 2.58. The summed E-state index contributed by atoms with van der Waals surface area (Å²) in [4.78, 5) is 20.8. The van der Waals surface area contributed by atoms with E-state index in [-0.39, 0.29) is 5.91 Å². The van der Waals surface area contributed by atoms with Crippen LogP contribution in [0.5, 0.6) is 0 Å². The molecule has 0 bridgehead atoms. The molecule has 0 unspecified atom stereocenters. The highest BCUT2D eigenvalue weighted by Gasteiger charge is 2.08. The number of carbonyl (C=O) groups excluding carboxylic acids is 1. The molecule has 0 aliphatic carbocycles. The van der Waals surface area contributed by atoms with Crippen molar-refractivity contribution in [3.8, 4) is 0 Å². The quantitative estimate of drug-likeness (QED) is 0.704. The summed E-state index contributed by atoms with van der Waals surface area (Å²) in [6.07, 6.45) is 1.66. The van der Waals surface area contributed by atoms with Crippen LogP contribution in [0.15, 0.2) is 23.6 Å². The fourth-order valence-electron chi connectivity index (χ4n) is 2.19. The highest BCUT2D eigenvalue weighted by Crippen LogP contribution is 2.22. The minimum absolute atomic E-state index is 0.0645. The molecule has 0 spiro atoms. The monoisotopic (exact) mass is 332 g/mol. The van der Waals surface area contributed by atoms with E-state index < -0.39 is 0 Å². The van der Waals surface area contributed by atoms with Gasteiger partial charge in [0.25, 0.3) is 5.91 Å². The molecule has 0 atom stereocenters. The molecular weight excluding hydrogens is 316 g/mol. The molecule has 1 amide bonds. The van der Waals surface area contributed by atoms with Crippen molar-refractivity contribution >= 4 is 43.9 Å². The predicted molar refractivity (Wildman–Crippen MR) is 91.5 cm³/mol. The third-order valence-electron chi connectivity index (χ3n) is 3.22. The number of aryl methyl sites for hydroxylation is 2. The van der Waals surface area contributed by atoms with Crippen LogP contribution < -0.4 is 11.1 Å². The summed E-state index contributed by atoms with van der Waals surface area (Å²) in [7, 11) is 0. The topological polar surface area (TPSA) is 80.9 Å². The largest absolute Gasteiger partial charge is 0.375 e. The minimum Gasteiger partial charge on any atom is -0.375 e. The third-order valence-corrected chi connectivity index (χ3v) is 4.90. The van der Waals surface area contributed by atoms with E-state index in [9.17, 15) is 4.79 Å². The predicted octanol–water partition coefficient (Wildman–Crippen LogP) is 3.01. The zero-order valence-electron chi connectivity index (χ0n) is 12.1. The van der Waals surface area contributed by atoms with Gasteiger partial charge in [0.05, 0.1) is 20.9 Å². The molecule has 0 saturated carbocycles. The number of benzene rings is 1. The van der Waals surface area contributed by atoms with E-state index in [1.807, 2.05) is 30.5 Å². The van der Waals surface area contributed by atoms with E-state index in [0.29, 0.717) is 17.2 Å². The first-order valence-electron chi connectivity index (χ1n) is 6.97. The number of aromatic nitrogens is 2. The summed E-state index contributed by atoms with van der Waals surface area (Å²) in [5.74, 6) is -0.0645. The molecular formula is C15H16N4OS2. The Bertz CT molecular complexity index is 809. The summed E-state index contributed by atoms with van der Waals surface area (Å²) in [6, 6.07) is 5.64. The first-order valence-corrected chi connectivity index (χ1v) is 8.67. The molecule has 1 aromatic carbocycles. The van der Waals surface area contributed by atoms with Crippen molar-refractivity contribution in [1.82, 2.24) is 15.3 Å². The van der Waals surface area contributed by atoms with Crippen molar-refractivity contribution in [2.24, 2.45) is 0 Å². The second-order valence-corrected chi connectivity index (χ2v) is 7.08. The zero-order chi connectivity index (χ0) is 15.5. The normalized spacial score (nSPS) is 11.0. The number of hydrogen-bond donors (Lipinski definition) is 2. The maximum atomic E-state index is 12.1. The van der Waals surface area contributed by atoms with Crippen LogP contribution in [0.2, 0.25) is 0 Å². The summed E-state index contributed by atoms with van der Waals surface area (Å²) in [5, 5.41) is 6.48. The lowest BCUT2D eigenvalue weighted by atomic mass is 10.2. The molecule has 3 rings (SSSR count). The Morgan fingerprint density at radius 2 is 2.23 bits per heavy atom. The van der Waals surface area contributed by atoms with E-state index in [0.717, 1.165) is 33.8 Å². The van der Waals surface area contributed by atoms with Crippen molar-refractivity contribution in [2.75, 3.05) is 12.3 Å². The van der Waals surface area contributed by atoms with Crippen LogP contribution in [0.1, 0.15) is 27.5 Å². The Morgan fingerprint density at radius 1 is 1.36 bits per heavy atom. The smallest absolute Gasteiger partial charge is 0.251 e. The number of thiazole rings is 2. The molecule has 3 N–H and O–H groups in total. The van der Waals surface area contributed by atoms with Crippen molar-refractivity contribution in [2.45, 2.75) is 19.8 Å². The molecule has 0 radical (unpaired) electrons. The fraction of sp³-hybridized carbons (Fsp3) is 0.267. The second-order valence-electron chi connectivity index (χ2n) is 4.95. The SMILES string of the molecule is Cc1nc2cc(C(=O)NCCCc3csc(N)n3)ccc2s1.